The lowest BCUT2D eigenvalue weighted by Gasteiger charge is -2.28. The Kier molecular flexibility index (Phi) is 6.04. The van der Waals surface area contributed by atoms with E-state index in [2.05, 4.69) is 14.9 Å². The zero-order chi connectivity index (χ0) is 20.3. The molecule has 1 aliphatic heterocycles. The molecule has 1 aromatic heterocycles. The maximum Gasteiger partial charge on any atom is 0.256 e. The fourth-order valence-electron chi connectivity index (χ4n) is 3.27. The molecule has 3 rings (SSSR count). The Morgan fingerprint density at radius 3 is 2.64 bits per heavy atom. The molecule has 9 heteroatoms. The SMILES string of the molecule is CCOc1cccc(CN2CCc3nc(S(C)(=O)=O)[nH]c(=O)c3C2)c1OCC. The summed E-state index contributed by atoms with van der Waals surface area (Å²) >= 11 is 0. The number of sulfone groups is 1. The van der Waals surface area contributed by atoms with Crippen molar-refractivity contribution >= 4 is 9.84 Å². The third-order valence-corrected chi connectivity index (χ3v) is 5.42. The van der Waals surface area contributed by atoms with Gasteiger partial charge in [-0.15, -0.1) is 0 Å². The highest BCUT2D eigenvalue weighted by atomic mass is 32.2. The van der Waals surface area contributed by atoms with Crippen molar-refractivity contribution in [2.45, 2.75) is 38.5 Å². The van der Waals surface area contributed by atoms with Gasteiger partial charge in [-0.05, 0) is 19.9 Å². The number of aromatic nitrogens is 2. The monoisotopic (exact) mass is 407 g/mol. The number of hydrogen-bond acceptors (Lipinski definition) is 7. The largest absolute Gasteiger partial charge is 0.490 e. The summed E-state index contributed by atoms with van der Waals surface area (Å²) in [5.41, 5.74) is 1.64. The van der Waals surface area contributed by atoms with Crippen LogP contribution >= 0.6 is 0 Å². The number of aromatic amines is 1. The smallest absolute Gasteiger partial charge is 0.256 e. The van der Waals surface area contributed by atoms with Crippen molar-refractivity contribution in [3.05, 3.63) is 45.4 Å². The Labute approximate surface area is 164 Å². The van der Waals surface area contributed by atoms with Crippen molar-refractivity contribution in [2.24, 2.45) is 0 Å². The first-order valence-electron chi connectivity index (χ1n) is 9.25. The molecule has 0 saturated carbocycles. The van der Waals surface area contributed by atoms with Crippen molar-refractivity contribution in [3.8, 4) is 11.5 Å². The van der Waals surface area contributed by atoms with Crippen molar-refractivity contribution in [2.75, 3.05) is 26.0 Å². The maximum atomic E-state index is 12.4. The predicted molar refractivity (Wildman–Crippen MR) is 105 cm³/mol. The lowest BCUT2D eigenvalue weighted by molar-refractivity contribution is 0.231. The highest BCUT2D eigenvalue weighted by Gasteiger charge is 2.24. The summed E-state index contributed by atoms with van der Waals surface area (Å²) in [6.45, 7) is 6.57. The van der Waals surface area contributed by atoms with E-state index in [0.717, 1.165) is 17.6 Å². The zero-order valence-corrected chi connectivity index (χ0v) is 17.1. The average molecular weight is 407 g/mol. The molecule has 0 fully saturated rings. The molecule has 2 aromatic rings. The molecule has 1 aliphatic rings. The van der Waals surface area contributed by atoms with Crippen LogP contribution in [0.15, 0.2) is 28.2 Å². The number of para-hydroxylation sites is 1. The van der Waals surface area contributed by atoms with E-state index in [1.54, 1.807) is 0 Å². The zero-order valence-electron chi connectivity index (χ0n) is 16.3. The molecular formula is C19H25N3O5S. The summed E-state index contributed by atoms with van der Waals surface area (Å²) in [4.78, 5) is 21.1. The van der Waals surface area contributed by atoms with Gasteiger partial charge in [0, 0.05) is 37.9 Å². The summed E-state index contributed by atoms with van der Waals surface area (Å²) in [5, 5.41) is -0.271. The van der Waals surface area contributed by atoms with E-state index in [1.165, 1.54) is 0 Å². The van der Waals surface area contributed by atoms with Crippen LogP contribution in [0.4, 0.5) is 0 Å². The number of nitrogens with zero attached hydrogens (tertiary/aromatic N) is 2. The summed E-state index contributed by atoms with van der Waals surface area (Å²) in [6, 6.07) is 5.79. The van der Waals surface area contributed by atoms with Crippen molar-refractivity contribution in [3.63, 3.8) is 0 Å². The molecule has 0 amide bonds. The molecule has 0 aliphatic carbocycles. The lowest BCUT2D eigenvalue weighted by atomic mass is 10.1. The highest BCUT2D eigenvalue weighted by Crippen LogP contribution is 2.33. The number of H-pyrrole nitrogens is 1. The van der Waals surface area contributed by atoms with Gasteiger partial charge in [0.15, 0.2) is 11.5 Å². The number of nitrogens with one attached hydrogen (secondary N) is 1. The van der Waals surface area contributed by atoms with Gasteiger partial charge < -0.3 is 9.47 Å². The molecule has 0 radical (unpaired) electrons. The van der Waals surface area contributed by atoms with E-state index < -0.39 is 15.4 Å². The minimum absolute atomic E-state index is 0.271. The van der Waals surface area contributed by atoms with Crippen LogP contribution in [-0.2, 0) is 29.3 Å². The van der Waals surface area contributed by atoms with Gasteiger partial charge in [-0.2, -0.15) is 0 Å². The standard InChI is InChI=1S/C19H25N3O5S/c1-4-26-16-8-6-7-13(17(16)27-5-2)11-22-10-9-15-14(12-22)18(23)21-19(20-15)28(3,24)25/h6-8H,4-5,9-12H2,1-3H3,(H,20,21,23). The summed E-state index contributed by atoms with van der Waals surface area (Å²) < 4.78 is 34.9. The Bertz CT molecular complexity index is 1020. The van der Waals surface area contributed by atoms with Crippen LogP contribution in [0.25, 0.3) is 0 Å². The second-order valence-corrected chi connectivity index (χ2v) is 8.57. The molecule has 8 nitrogen and oxygen atoms in total. The van der Waals surface area contributed by atoms with Crippen molar-refractivity contribution in [1.29, 1.82) is 0 Å². The summed E-state index contributed by atoms with van der Waals surface area (Å²) in [5.74, 6) is 1.42. The predicted octanol–water partition coefficient (Wildman–Crippen LogP) is 1.53. The lowest BCUT2D eigenvalue weighted by Crippen LogP contribution is -2.36. The van der Waals surface area contributed by atoms with Gasteiger partial charge in [0.2, 0.25) is 15.0 Å². The molecule has 0 atom stereocenters. The van der Waals surface area contributed by atoms with Crippen molar-refractivity contribution in [1.82, 2.24) is 14.9 Å². The molecular weight excluding hydrogens is 382 g/mol. The topological polar surface area (TPSA) is 102 Å². The first-order valence-corrected chi connectivity index (χ1v) is 11.1. The molecule has 1 N–H and O–H groups in total. The van der Waals surface area contributed by atoms with Crippen LogP contribution in [0, 0.1) is 0 Å². The Hall–Kier alpha value is -2.39. The van der Waals surface area contributed by atoms with E-state index in [-0.39, 0.29) is 5.16 Å². The molecule has 0 unspecified atom stereocenters. The molecule has 0 spiro atoms. The normalized spacial score (nSPS) is 14.5. The van der Waals surface area contributed by atoms with Crippen LogP contribution < -0.4 is 15.0 Å². The van der Waals surface area contributed by atoms with E-state index >= 15 is 0 Å². The third-order valence-electron chi connectivity index (χ3n) is 4.52. The van der Waals surface area contributed by atoms with Crippen molar-refractivity contribution < 1.29 is 17.9 Å². The summed E-state index contributed by atoms with van der Waals surface area (Å²) in [6.07, 6.45) is 1.55. The van der Waals surface area contributed by atoms with Crippen LogP contribution in [0.2, 0.25) is 0 Å². The van der Waals surface area contributed by atoms with Crippen LogP contribution in [-0.4, -0.2) is 49.3 Å². The van der Waals surface area contributed by atoms with Gasteiger partial charge in [-0.25, -0.2) is 13.4 Å². The fraction of sp³-hybridized carbons (Fsp3) is 0.474. The van der Waals surface area contributed by atoms with E-state index in [0.29, 0.717) is 56.3 Å². The average Bonchev–Trinajstić information content (AvgIpc) is 2.64. The van der Waals surface area contributed by atoms with Gasteiger partial charge in [0.05, 0.1) is 24.5 Å². The Morgan fingerprint density at radius 1 is 1.21 bits per heavy atom. The van der Waals surface area contributed by atoms with Gasteiger partial charge in [-0.1, -0.05) is 12.1 Å². The van der Waals surface area contributed by atoms with Gasteiger partial charge in [-0.3, -0.25) is 14.7 Å². The quantitative estimate of drug-likeness (QED) is 0.695. The van der Waals surface area contributed by atoms with Crippen LogP contribution in [0.5, 0.6) is 11.5 Å². The fourth-order valence-corrected chi connectivity index (χ4v) is 3.83. The Morgan fingerprint density at radius 2 is 1.96 bits per heavy atom. The number of benzene rings is 1. The second-order valence-electron chi connectivity index (χ2n) is 6.64. The number of fused-ring (bicyclic) bond motifs is 1. The Balaban J connectivity index is 1.86. The van der Waals surface area contributed by atoms with Gasteiger partial charge >= 0.3 is 0 Å². The number of rotatable bonds is 7. The van der Waals surface area contributed by atoms with E-state index in [1.807, 2.05) is 32.0 Å². The molecule has 2 heterocycles. The highest BCUT2D eigenvalue weighted by molar-refractivity contribution is 7.90. The van der Waals surface area contributed by atoms with E-state index in [4.69, 9.17) is 9.47 Å². The minimum Gasteiger partial charge on any atom is -0.490 e. The van der Waals surface area contributed by atoms with Crippen LogP contribution in [0.1, 0.15) is 30.7 Å². The number of hydrogen-bond donors (Lipinski definition) is 1. The maximum absolute atomic E-state index is 12.4. The first-order chi connectivity index (χ1) is 13.3. The molecule has 152 valence electrons. The molecule has 28 heavy (non-hydrogen) atoms. The van der Waals surface area contributed by atoms with Gasteiger partial charge in [0.25, 0.3) is 5.56 Å². The van der Waals surface area contributed by atoms with Gasteiger partial charge in [0.1, 0.15) is 0 Å². The minimum atomic E-state index is -3.55. The molecule has 0 bridgehead atoms. The second kappa shape index (κ2) is 8.32. The van der Waals surface area contributed by atoms with Crippen LogP contribution in [0.3, 0.4) is 0 Å². The molecule has 0 saturated heterocycles. The first kappa shape index (κ1) is 20.3. The third kappa shape index (κ3) is 4.36. The summed E-state index contributed by atoms with van der Waals surface area (Å²) in [7, 11) is -3.55. The van der Waals surface area contributed by atoms with E-state index in [9.17, 15) is 13.2 Å². The number of ether oxygens (including phenoxy) is 2. The molecule has 1 aromatic carbocycles.